The van der Waals surface area contributed by atoms with Crippen LogP contribution in [0.2, 0.25) is 0 Å². The third kappa shape index (κ3) is 5.54. The molecule has 0 N–H and O–H groups in total. The van der Waals surface area contributed by atoms with E-state index in [0.717, 1.165) is 48.5 Å². The summed E-state index contributed by atoms with van der Waals surface area (Å²) in [5.41, 5.74) is 7.83. The molecule has 0 saturated heterocycles. The molecule has 37 heavy (non-hydrogen) atoms. The normalized spacial score (nSPS) is 12.1. The number of methoxy groups -OCH3 is 3. The molecular weight excluding hydrogens is 571 g/mol. The molecule has 4 aromatic carbocycles. The highest BCUT2D eigenvalue weighted by Crippen LogP contribution is 2.47. The van der Waals surface area contributed by atoms with E-state index in [1.807, 2.05) is 12.1 Å². The van der Waals surface area contributed by atoms with Gasteiger partial charge in [0.05, 0.1) is 24.9 Å². The molecule has 0 unspecified atom stereocenters. The van der Waals surface area contributed by atoms with Crippen molar-refractivity contribution in [1.82, 2.24) is 0 Å². The first-order valence-electron chi connectivity index (χ1n) is 12.2. The van der Waals surface area contributed by atoms with Crippen LogP contribution in [0.25, 0.3) is 11.1 Å². The van der Waals surface area contributed by atoms with Crippen LogP contribution in [0.5, 0.6) is 17.2 Å². The fraction of sp³-hybridized carbons (Fsp3) is 0.212. The maximum Gasteiger partial charge on any atom is 0.174 e. The third-order valence-electron chi connectivity index (χ3n) is 6.38. The highest BCUT2D eigenvalue weighted by Gasteiger charge is 2.30. The minimum Gasteiger partial charge on any atom is -0.497 e. The van der Waals surface area contributed by atoms with Crippen molar-refractivity contribution in [2.24, 2.45) is 0 Å². The van der Waals surface area contributed by atoms with Crippen molar-refractivity contribution in [2.75, 3.05) is 21.3 Å². The van der Waals surface area contributed by atoms with E-state index in [9.17, 15) is 0 Å². The summed E-state index contributed by atoms with van der Waals surface area (Å²) < 4.78 is 18.2. The Morgan fingerprint density at radius 3 is 1.59 bits per heavy atom. The molecule has 3 nitrogen and oxygen atoms in total. The molecule has 0 heterocycles. The van der Waals surface area contributed by atoms with E-state index in [1.54, 1.807) is 21.3 Å². The summed E-state index contributed by atoms with van der Waals surface area (Å²) in [5.74, 6) is 2.30. The van der Waals surface area contributed by atoms with Gasteiger partial charge >= 0.3 is 0 Å². The van der Waals surface area contributed by atoms with Crippen molar-refractivity contribution in [3.8, 4) is 17.2 Å². The van der Waals surface area contributed by atoms with Crippen LogP contribution in [0.4, 0.5) is 0 Å². The summed E-state index contributed by atoms with van der Waals surface area (Å²) in [6.45, 7) is 6.74. The highest BCUT2D eigenvalue weighted by atomic mass is 127. The fourth-order valence-corrected chi connectivity index (χ4v) is 6.32. The van der Waals surface area contributed by atoms with E-state index >= 15 is 0 Å². The van der Waals surface area contributed by atoms with Crippen LogP contribution in [0.15, 0.2) is 91.0 Å². The average molecular weight is 605 g/mol. The Labute approximate surface area is 234 Å². The van der Waals surface area contributed by atoms with Crippen LogP contribution in [-0.2, 0) is 5.41 Å². The Morgan fingerprint density at radius 2 is 1.14 bits per heavy atom. The summed E-state index contributed by atoms with van der Waals surface area (Å²) >= 11 is 2.41. The summed E-state index contributed by atoms with van der Waals surface area (Å²) in [4.78, 5) is 0. The van der Waals surface area contributed by atoms with Crippen LogP contribution in [0, 0.1) is 3.57 Å². The smallest absolute Gasteiger partial charge is 0.174 e. The molecule has 0 amide bonds. The quantitative estimate of drug-likeness (QED) is 0.156. The van der Waals surface area contributed by atoms with E-state index in [-0.39, 0.29) is 5.41 Å². The zero-order chi connectivity index (χ0) is 26.6. The molecule has 0 radical (unpaired) electrons. The Bertz CT molecular complexity index is 1380. The zero-order valence-electron chi connectivity index (χ0n) is 22.3. The lowest BCUT2D eigenvalue weighted by Gasteiger charge is -2.29. The predicted octanol–water partition coefficient (Wildman–Crippen LogP) is 8.62. The second-order valence-electron chi connectivity index (χ2n) is 9.81. The predicted molar refractivity (Wildman–Crippen MR) is 162 cm³/mol. The topological polar surface area (TPSA) is 27.7 Å². The van der Waals surface area contributed by atoms with Gasteiger partial charge in [-0.05, 0) is 85.2 Å². The van der Waals surface area contributed by atoms with Gasteiger partial charge in [0.25, 0.3) is 0 Å². The fourth-order valence-electron chi connectivity index (χ4n) is 4.74. The van der Waals surface area contributed by atoms with Crippen molar-refractivity contribution < 1.29 is 14.2 Å². The zero-order valence-corrected chi connectivity index (χ0v) is 24.4. The molecular formula is C33H33IO3. The van der Waals surface area contributed by atoms with Crippen LogP contribution in [0.1, 0.15) is 48.6 Å². The molecule has 0 spiro atoms. The number of hydrogen-bond donors (Lipinski definition) is 0. The van der Waals surface area contributed by atoms with Gasteiger partial charge < -0.3 is 14.2 Å². The summed E-state index contributed by atoms with van der Waals surface area (Å²) in [5, 5.41) is 0. The van der Waals surface area contributed by atoms with E-state index in [4.69, 9.17) is 14.2 Å². The lowest BCUT2D eigenvalue weighted by Crippen LogP contribution is -2.18. The molecule has 0 bridgehead atoms. The molecule has 0 aliphatic rings. The first kappa shape index (κ1) is 26.8. The minimum absolute atomic E-state index is 0.160. The summed E-state index contributed by atoms with van der Waals surface area (Å²) in [6.07, 6.45) is 0. The number of ether oxygens (including phenoxy) is 3. The lowest BCUT2D eigenvalue weighted by molar-refractivity contribution is 0.351. The van der Waals surface area contributed by atoms with Gasteiger partial charge in [-0.15, -0.1) is 0 Å². The molecule has 0 aromatic heterocycles. The molecule has 0 aliphatic carbocycles. The molecule has 4 rings (SSSR count). The van der Waals surface area contributed by atoms with Gasteiger partial charge in [0.1, 0.15) is 5.75 Å². The maximum atomic E-state index is 5.86. The van der Waals surface area contributed by atoms with Crippen molar-refractivity contribution in [1.29, 1.82) is 0 Å². The van der Waals surface area contributed by atoms with Gasteiger partial charge in [-0.3, -0.25) is 0 Å². The van der Waals surface area contributed by atoms with Crippen molar-refractivity contribution in [3.05, 3.63) is 122 Å². The lowest BCUT2D eigenvalue weighted by atomic mass is 9.77. The molecule has 0 aliphatic heterocycles. The first-order chi connectivity index (χ1) is 17.8. The van der Waals surface area contributed by atoms with Gasteiger partial charge in [0.2, 0.25) is 0 Å². The molecule has 0 atom stereocenters. The van der Waals surface area contributed by atoms with Crippen LogP contribution in [0.3, 0.4) is 0 Å². The van der Waals surface area contributed by atoms with Gasteiger partial charge in [0, 0.05) is 0 Å². The average Bonchev–Trinajstić information content (AvgIpc) is 2.91. The van der Waals surface area contributed by atoms with Gasteiger partial charge in [0.15, 0.2) is 11.5 Å². The van der Waals surface area contributed by atoms with E-state index in [0.29, 0.717) is 5.75 Å². The summed E-state index contributed by atoms with van der Waals surface area (Å²) in [6, 6.07) is 31.6. The number of benzene rings is 4. The Hall–Kier alpha value is -3.25. The van der Waals surface area contributed by atoms with Crippen LogP contribution >= 0.6 is 22.6 Å². The van der Waals surface area contributed by atoms with Crippen molar-refractivity contribution in [2.45, 2.75) is 26.2 Å². The van der Waals surface area contributed by atoms with Gasteiger partial charge in [-0.25, -0.2) is 0 Å². The van der Waals surface area contributed by atoms with Crippen molar-refractivity contribution >= 4 is 33.7 Å². The van der Waals surface area contributed by atoms with Crippen LogP contribution < -0.4 is 14.2 Å². The van der Waals surface area contributed by atoms with Crippen LogP contribution in [-0.4, -0.2) is 21.3 Å². The van der Waals surface area contributed by atoms with E-state index in [2.05, 4.69) is 122 Å². The standard InChI is InChI=1S/C33H33IO3/c1-33(2,3)30-26(21-27(36-5)32(37-6)31(30)34)29(23-15-11-8-12-16-23)28(22-13-9-7-10-14-22)24-17-19-25(35-4)20-18-24/h7-21H,1-6H3. The monoisotopic (exact) mass is 604 g/mol. The Morgan fingerprint density at radius 1 is 0.622 bits per heavy atom. The molecule has 190 valence electrons. The third-order valence-corrected chi connectivity index (χ3v) is 7.41. The molecule has 4 aromatic rings. The number of rotatable bonds is 7. The van der Waals surface area contributed by atoms with E-state index < -0.39 is 0 Å². The first-order valence-corrected chi connectivity index (χ1v) is 13.3. The SMILES string of the molecule is COc1ccc(C(=C(c2ccccc2)c2cc(OC)c(OC)c(I)c2C(C)(C)C)c2ccccc2)cc1. The number of hydrogen-bond acceptors (Lipinski definition) is 3. The molecule has 4 heteroatoms. The largest absolute Gasteiger partial charge is 0.497 e. The maximum absolute atomic E-state index is 5.86. The number of halogens is 1. The molecule has 0 saturated carbocycles. The van der Waals surface area contributed by atoms with Gasteiger partial charge in [-0.1, -0.05) is 93.6 Å². The van der Waals surface area contributed by atoms with Crippen molar-refractivity contribution in [3.63, 3.8) is 0 Å². The Balaban J connectivity index is 2.24. The Kier molecular flexibility index (Phi) is 8.28. The molecule has 0 fully saturated rings. The minimum atomic E-state index is -0.160. The second kappa shape index (κ2) is 11.4. The van der Waals surface area contributed by atoms with Gasteiger partial charge in [-0.2, -0.15) is 0 Å². The highest BCUT2D eigenvalue weighted by molar-refractivity contribution is 14.1. The second-order valence-corrected chi connectivity index (χ2v) is 10.9. The summed E-state index contributed by atoms with van der Waals surface area (Å²) in [7, 11) is 5.09. The van der Waals surface area contributed by atoms with E-state index in [1.165, 1.54) is 5.56 Å².